The lowest BCUT2D eigenvalue weighted by Gasteiger charge is -2.45. The molecule has 39 heavy (non-hydrogen) atoms. The van der Waals surface area contributed by atoms with Gasteiger partial charge in [0.25, 0.3) is 0 Å². The van der Waals surface area contributed by atoms with Crippen molar-refractivity contribution in [2.24, 2.45) is 17.8 Å². The molecule has 1 rings (SSSR count). The molecule has 0 aromatic rings. The van der Waals surface area contributed by atoms with Crippen LogP contribution in [0.5, 0.6) is 0 Å². The molecule has 1 saturated heterocycles. The second-order valence-electron chi connectivity index (χ2n) is 12.8. The van der Waals surface area contributed by atoms with Gasteiger partial charge in [0, 0.05) is 50.4 Å². The summed E-state index contributed by atoms with van der Waals surface area (Å²) >= 11 is 0. The highest BCUT2D eigenvalue weighted by atomic mass is 16.7. The molecule has 0 saturated carbocycles. The van der Waals surface area contributed by atoms with Crippen LogP contribution in [0.3, 0.4) is 0 Å². The van der Waals surface area contributed by atoms with Crippen molar-refractivity contribution in [3.63, 3.8) is 0 Å². The highest BCUT2D eigenvalue weighted by Crippen LogP contribution is 2.35. The minimum Gasteiger partial charge on any atom is -0.392 e. The van der Waals surface area contributed by atoms with E-state index in [-0.39, 0.29) is 30.2 Å². The molecule has 1 heterocycles. The number of rotatable bonds is 18. The van der Waals surface area contributed by atoms with Crippen LogP contribution in [-0.2, 0) is 19.0 Å². The summed E-state index contributed by atoms with van der Waals surface area (Å²) in [4.78, 5) is 15.7. The number of ether oxygens (including phenoxy) is 3. The molecule has 5 unspecified atom stereocenters. The molecule has 0 aliphatic carbocycles. The van der Waals surface area contributed by atoms with E-state index in [9.17, 15) is 20.1 Å². The Kier molecular flexibility index (Phi) is 15.6. The van der Waals surface area contributed by atoms with Crippen molar-refractivity contribution < 1.29 is 34.3 Å². The topological polar surface area (TPSA) is 112 Å². The largest absolute Gasteiger partial charge is 0.392 e. The highest BCUT2D eigenvalue weighted by molar-refractivity contribution is 5.53. The van der Waals surface area contributed by atoms with Crippen LogP contribution in [-0.4, -0.2) is 121 Å². The fourth-order valence-corrected chi connectivity index (χ4v) is 6.05. The van der Waals surface area contributed by atoms with Gasteiger partial charge < -0.3 is 44.1 Å². The van der Waals surface area contributed by atoms with E-state index in [1.54, 1.807) is 21.0 Å². The van der Waals surface area contributed by atoms with Gasteiger partial charge in [0.05, 0.1) is 36.1 Å². The number of carbonyl (C=O) groups is 1. The average molecular weight is 561 g/mol. The van der Waals surface area contributed by atoms with Gasteiger partial charge in [-0.2, -0.15) is 0 Å². The van der Waals surface area contributed by atoms with Crippen LogP contribution in [0.4, 0.5) is 0 Å². The minimum atomic E-state index is -1.30. The zero-order valence-corrected chi connectivity index (χ0v) is 26.5. The van der Waals surface area contributed by atoms with Crippen molar-refractivity contribution in [2.45, 2.75) is 135 Å². The molecule has 1 aliphatic heterocycles. The first-order valence-electron chi connectivity index (χ1n) is 14.8. The van der Waals surface area contributed by atoms with Gasteiger partial charge in [0.1, 0.15) is 6.29 Å². The Morgan fingerprint density at radius 2 is 1.74 bits per heavy atom. The molecule has 0 amide bonds. The number of hydrogen-bond donors (Lipinski definition) is 3. The number of methoxy groups -OCH3 is 1. The van der Waals surface area contributed by atoms with E-state index in [1.807, 2.05) is 48.8 Å². The third kappa shape index (κ3) is 11.3. The summed E-state index contributed by atoms with van der Waals surface area (Å²) < 4.78 is 18.1. The quantitative estimate of drug-likeness (QED) is 0.218. The van der Waals surface area contributed by atoms with Crippen molar-refractivity contribution in [1.82, 2.24) is 9.80 Å². The molecular weight excluding hydrogens is 500 g/mol. The average Bonchev–Trinajstić information content (AvgIpc) is 2.87. The highest BCUT2D eigenvalue weighted by Gasteiger charge is 2.44. The van der Waals surface area contributed by atoms with Gasteiger partial charge in [-0.15, -0.1) is 0 Å². The summed E-state index contributed by atoms with van der Waals surface area (Å²) in [6.07, 6.45) is 1.35. The Hall–Kier alpha value is -0.650. The second kappa shape index (κ2) is 16.7. The van der Waals surface area contributed by atoms with E-state index in [1.165, 1.54) is 0 Å². The molecule has 0 aromatic heterocycles. The molecule has 9 heteroatoms. The Morgan fingerprint density at radius 3 is 2.26 bits per heavy atom. The fourth-order valence-electron chi connectivity index (χ4n) is 6.05. The summed E-state index contributed by atoms with van der Waals surface area (Å²) in [7, 11) is 7.74. The number of nitrogens with zero attached hydrogens (tertiary/aromatic N) is 2. The van der Waals surface area contributed by atoms with Crippen LogP contribution in [0.25, 0.3) is 0 Å². The van der Waals surface area contributed by atoms with Gasteiger partial charge in [0.15, 0.2) is 6.29 Å². The molecule has 0 radical (unpaired) electrons. The molecule has 0 aromatic carbocycles. The third-order valence-corrected chi connectivity index (χ3v) is 8.77. The Morgan fingerprint density at radius 1 is 1.13 bits per heavy atom. The molecule has 1 aliphatic rings. The number of carbonyl (C=O) groups excluding carboxylic acids is 1. The molecular formula is C30H60N2O7. The van der Waals surface area contributed by atoms with Crippen LogP contribution in [0, 0.1) is 17.8 Å². The SMILES string of the molecule is CC[C@H](C[C@@H](O)C(C)N(C)C[C@H](C)C[C@@](C)(O)[C@H](OC1CC(N(C)C)CC(C)O1)[C@@H](C)[C@H](O)C(C)C=O)OC. The molecule has 12 atom stereocenters. The van der Waals surface area contributed by atoms with E-state index in [2.05, 4.69) is 16.7 Å². The Bertz CT molecular complexity index is 690. The first kappa shape index (κ1) is 36.4. The van der Waals surface area contributed by atoms with Crippen LogP contribution in [0.2, 0.25) is 0 Å². The number of aldehydes is 1. The maximum absolute atomic E-state index is 11.9. The lowest BCUT2D eigenvalue weighted by atomic mass is 9.78. The van der Waals surface area contributed by atoms with Gasteiger partial charge in [-0.05, 0) is 67.1 Å². The van der Waals surface area contributed by atoms with E-state index in [0.29, 0.717) is 25.8 Å². The van der Waals surface area contributed by atoms with Crippen molar-refractivity contribution >= 4 is 6.29 Å². The Labute approximate surface area is 238 Å². The predicted molar refractivity (Wildman–Crippen MR) is 155 cm³/mol. The van der Waals surface area contributed by atoms with Gasteiger partial charge in [-0.1, -0.05) is 27.7 Å². The molecule has 3 N–H and O–H groups in total. The fraction of sp³-hybridized carbons (Fsp3) is 0.967. The lowest BCUT2D eigenvalue weighted by Crippen LogP contribution is -2.54. The normalized spacial score (nSPS) is 28.3. The van der Waals surface area contributed by atoms with Crippen LogP contribution in [0.15, 0.2) is 0 Å². The number of likely N-dealkylation sites (N-methyl/N-ethyl adjacent to an activating group) is 1. The predicted octanol–water partition coefficient (Wildman–Crippen LogP) is 2.93. The molecule has 232 valence electrons. The first-order chi connectivity index (χ1) is 18.1. The first-order valence-corrected chi connectivity index (χ1v) is 14.8. The summed E-state index contributed by atoms with van der Waals surface area (Å²) in [5.74, 6) is -1.04. The van der Waals surface area contributed by atoms with Gasteiger partial charge in [-0.3, -0.25) is 0 Å². The van der Waals surface area contributed by atoms with E-state index in [0.717, 1.165) is 19.1 Å². The standard InChI is InChI=1S/C30H60N2O7/c1-12-25(37-11)15-26(34)23(6)32(10)17-19(2)16-30(7,36)29(22(5)28(35)20(3)18-33)39-27-14-24(31(8)9)13-21(4)38-27/h18-29,34-36H,12-17H2,1-11H3/t19-,20?,21?,22+,23?,24?,25-,26-,27?,28-,29-,30-/m1/s1. The lowest BCUT2D eigenvalue weighted by molar-refractivity contribution is -0.266. The molecule has 9 nitrogen and oxygen atoms in total. The smallest absolute Gasteiger partial charge is 0.159 e. The monoisotopic (exact) mass is 560 g/mol. The zero-order valence-electron chi connectivity index (χ0n) is 26.5. The summed E-state index contributed by atoms with van der Waals surface area (Å²) in [5.41, 5.74) is -1.30. The van der Waals surface area contributed by atoms with Crippen molar-refractivity contribution in [3.8, 4) is 0 Å². The van der Waals surface area contributed by atoms with Crippen LogP contribution >= 0.6 is 0 Å². The Balaban J connectivity index is 3.03. The zero-order chi connectivity index (χ0) is 30.1. The number of aliphatic hydroxyl groups is 3. The van der Waals surface area contributed by atoms with Gasteiger partial charge >= 0.3 is 0 Å². The second-order valence-corrected chi connectivity index (χ2v) is 12.8. The van der Waals surface area contributed by atoms with E-state index < -0.39 is 42.0 Å². The number of hydrogen-bond acceptors (Lipinski definition) is 9. The molecule has 1 fully saturated rings. The summed E-state index contributed by atoms with van der Waals surface area (Å²) in [5, 5.41) is 33.6. The molecule has 0 bridgehead atoms. The van der Waals surface area contributed by atoms with Crippen LogP contribution in [0.1, 0.15) is 80.6 Å². The minimum absolute atomic E-state index is 0.00165. The number of aliphatic hydroxyl groups excluding tert-OH is 2. The van der Waals surface area contributed by atoms with Gasteiger partial charge in [-0.25, -0.2) is 0 Å². The van der Waals surface area contributed by atoms with Crippen molar-refractivity contribution in [3.05, 3.63) is 0 Å². The maximum atomic E-state index is 11.9. The van der Waals surface area contributed by atoms with Crippen molar-refractivity contribution in [2.75, 3.05) is 34.8 Å². The maximum Gasteiger partial charge on any atom is 0.159 e. The van der Waals surface area contributed by atoms with E-state index in [4.69, 9.17) is 14.2 Å². The van der Waals surface area contributed by atoms with E-state index >= 15 is 0 Å². The van der Waals surface area contributed by atoms with Crippen LogP contribution < -0.4 is 0 Å². The molecule has 0 spiro atoms. The van der Waals surface area contributed by atoms with Gasteiger partial charge in [0.2, 0.25) is 0 Å². The summed E-state index contributed by atoms with van der Waals surface area (Å²) in [6.45, 7) is 14.1. The summed E-state index contributed by atoms with van der Waals surface area (Å²) in [6, 6.07) is 0.201. The third-order valence-electron chi connectivity index (χ3n) is 8.77. The van der Waals surface area contributed by atoms with Crippen molar-refractivity contribution in [1.29, 1.82) is 0 Å².